The minimum atomic E-state index is -0.727. The third kappa shape index (κ3) is 6.82. The molecule has 0 aliphatic carbocycles. The van der Waals surface area contributed by atoms with Crippen molar-refractivity contribution in [2.75, 3.05) is 32.7 Å². The molecule has 0 aromatic heterocycles. The van der Waals surface area contributed by atoms with Crippen LogP contribution >= 0.6 is 0 Å². The second-order valence-electron chi connectivity index (χ2n) is 8.70. The number of amides is 2. The number of β-amino-alcohol motifs (C(OH)–C–C–N with tert-alkyl or cyclic N) is 1. The number of aliphatic hydroxyl groups is 1. The normalized spacial score (nSPS) is 24.1. The second kappa shape index (κ2) is 10.2. The smallest absolute Gasteiger partial charge is 0.222 e. The Kier molecular flexibility index (Phi) is 7.67. The van der Waals surface area contributed by atoms with E-state index in [1.165, 1.54) is 5.56 Å². The van der Waals surface area contributed by atoms with Gasteiger partial charge in [-0.15, -0.1) is 0 Å². The van der Waals surface area contributed by atoms with E-state index in [-0.39, 0.29) is 17.9 Å². The van der Waals surface area contributed by atoms with E-state index in [0.29, 0.717) is 25.9 Å². The average Bonchev–Trinajstić information content (AvgIpc) is 2.90. The van der Waals surface area contributed by atoms with Gasteiger partial charge < -0.3 is 20.2 Å². The van der Waals surface area contributed by atoms with Gasteiger partial charge in [0.05, 0.1) is 5.60 Å². The van der Waals surface area contributed by atoms with Crippen LogP contribution in [0.3, 0.4) is 0 Å². The Morgan fingerprint density at radius 1 is 1.10 bits per heavy atom. The molecule has 0 radical (unpaired) electrons. The molecule has 0 unspecified atom stereocenters. The monoisotopic (exact) mass is 401 g/mol. The zero-order valence-corrected chi connectivity index (χ0v) is 17.6. The molecule has 2 amide bonds. The summed E-state index contributed by atoms with van der Waals surface area (Å²) in [5, 5.41) is 14.2. The van der Waals surface area contributed by atoms with E-state index in [4.69, 9.17) is 0 Å². The van der Waals surface area contributed by atoms with Gasteiger partial charge >= 0.3 is 0 Å². The fourth-order valence-corrected chi connectivity index (χ4v) is 4.58. The van der Waals surface area contributed by atoms with Crippen molar-refractivity contribution >= 4 is 11.8 Å². The molecule has 6 heteroatoms. The maximum atomic E-state index is 12.6. The van der Waals surface area contributed by atoms with Gasteiger partial charge in [0.25, 0.3) is 0 Å². The SMILES string of the molecule is CC(=O)NC1CCN(C[C@]2(O)CCCN(C(=O)CCc3ccccc3)CC2)CC1. The van der Waals surface area contributed by atoms with E-state index >= 15 is 0 Å². The van der Waals surface area contributed by atoms with Crippen LogP contribution in [0.15, 0.2) is 30.3 Å². The molecule has 2 saturated heterocycles. The zero-order valence-electron chi connectivity index (χ0n) is 17.6. The summed E-state index contributed by atoms with van der Waals surface area (Å²) in [7, 11) is 0. The van der Waals surface area contributed by atoms with Crippen LogP contribution < -0.4 is 5.32 Å². The zero-order chi connectivity index (χ0) is 20.7. The van der Waals surface area contributed by atoms with E-state index in [1.807, 2.05) is 23.1 Å². The number of carbonyl (C=O) groups is 2. The number of hydrogen-bond acceptors (Lipinski definition) is 4. The molecule has 0 bridgehead atoms. The predicted molar refractivity (Wildman–Crippen MR) is 113 cm³/mol. The first-order valence-electron chi connectivity index (χ1n) is 11.0. The maximum absolute atomic E-state index is 12.6. The third-order valence-corrected chi connectivity index (χ3v) is 6.25. The van der Waals surface area contributed by atoms with Crippen LogP contribution in [0.5, 0.6) is 0 Å². The van der Waals surface area contributed by atoms with E-state index in [2.05, 4.69) is 22.3 Å². The predicted octanol–water partition coefficient (Wildman–Crippen LogP) is 1.96. The minimum absolute atomic E-state index is 0.0304. The van der Waals surface area contributed by atoms with Crippen molar-refractivity contribution in [3.63, 3.8) is 0 Å². The first kappa shape index (κ1) is 21.8. The summed E-state index contributed by atoms with van der Waals surface area (Å²) in [6.07, 6.45) is 5.37. The van der Waals surface area contributed by atoms with Gasteiger partial charge in [-0.25, -0.2) is 0 Å². The Morgan fingerprint density at radius 3 is 2.52 bits per heavy atom. The molecule has 1 aromatic carbocycles. The molecule has 2 aliphatic heterocycles. The lowest BCUT2D eigenvalue weighted by Gasteiger charge is -2.38. The summed E-state index contributed by atoms with van der Waals surface area (Å²) >= 11 is 0. The van der Waals surface area contributed by atoms with Crippen molar-refractivity contribution in [3.05, 3.63) is 35.9 Å². The molecular formula is C23H35N3O3. The molecule has 1 aromatic rings. The Labute approximate surface area is 174 Å². The van der Waals surface area contributed by atoms with Crippen molar-refractivity contribution in [3.8, 4) is 0 Å². The lowest BCUT2D eigenvalue weighted by atomic mass is 9.93. The van der Waals surface area contributed by atoms with E-state index < -0.39 is 5.60 Å². The number of hydrogen-bond donors (Lipinski definition) is 2. The molecule has 0 spiro atoms. The van der Waals surface area contributed by atoms with Crippen LogP contribution in [0.2, 0.25) is 0 Å². The molecular weight excluding hydrogens is 366 g/mol. The van der Waals surface area contributed by atoms with Gasteiger partial charge in [0.15, 0.2) is 0 Å². The van der Waals surface area contributed by atoms with Gasteiger partial charge in [-0.2, -0.15) is 0 Å². The molecule has 29 heavy (non-hydrogen) atoms. The summed E-state index contributed by atoms with van der Waals surface area (Å²) in [4.78, 5) is 28.1. The highest BCUT2D eigenvalue weighted by molar-refractivity contribution is 5.76. The largest absolute Gasteiger partial charge is 0.388 e. The topological polar surface area (TPSA) is 72.9 Å². The van der Waals surface area contributed by atoms with Gasteiger partial charge in [-0.05, 0) is 44.1 Å². The fraction of sp³-hybridized carbons (Fsp3) is 0.652. The van der Waals surface area contributed by atoms with E-state index in [0.717, 1.165) is 51.7 Å². The first-order valence-corrected chi connectivity index (χ1v) is 11.0. The lowest BCUT2D eigenvalue weighted by Crippen LogP contribution is -2.50. The summed E-state index contributed by atoms with van der Waals surface area (Å²) < 4.78 is 0. The molecule has 160 valence electrons. The van der Waals surface area contributed by atoms with Crippen LogP contribution in [-0.4, -0.2) is 71.1 Å². The van der Waals surface area contributed by atoms with Crippen molar-refractivity contribution < 1.29 is 14.7 Å². The Hall–Kier alpha value is -1.92. The standard InChI is InChI=1S/C23H35N3O3/c1-19(27)24-21-10-15-25(16-11-21)18-23(29)12-5-14-26(17-13-23)22(28)9-8-20-6-3-2-4-7-20/h2-4,6-7,21,29H,5,8-18H2,1H3,(H,24,27)/t23-/m0/s1. The molecule has 1 atom stereocenters. The van der Waals surface area contributed by atoms with Gasteiger partial charge in [-0.3, -0.25) is 9.59 Å². The van der Waals surface area contributed by atoms with Gasteiger partial charge in [0, 0.05) is 52.1 Å². The number of aryl methyl sites for hydroxylation is 1. The number of rotatable bonds is 6. The summed E-state index contributed by atoms with van der Waals surface area (Å²) in [5.41, 5.74) is 0.463. The van der Waals surface area contributed by atoms with Crippen molar-refractivity contribution in [2.45, 2.75) is 63.5 Å². The van der Waals surface area contributed by atoms with Gasteiger partial charge in [0.2, 0.25) is 11.8 Å². The number of piperidine rings is 1. The number of nitrogens with one attached hydrogen (secondary N) is 1. The highest BCUT2D eigenvalue weighted by atomic mass is 16.3. The second-order valence-corrected chi connectivity index (χ2v) is 8.70. The van der Waals surface area contributed by atoms with Crippen molar-refractivity contribution in [1.29, 1.82) is 0 Å². The number of carbonyl (C=O) groups excluding carboxylic acids is 2. The molecule has 6 nitrogen and oxygen atoms in total. The molecule has 0 saturated carbocycles. The van der Waals surface area contributed by atoms with Gasteiger partial charge in [-0.1, -0.05) is 30.3 Å². The van der Waals surface area contributed by atoms with Crippen LogP contribution in [0.25, 0.3) is 0 Å². The average molecular weight is 402 g/mol. The third-order valence-electron chi connectivity index (χ3n) is 6.25. The molecule has 2 heterocycles. The van der Waals surface area contributed by atoms with Crippen LogP contribution in [0, 0.1) is 0 Å². The van der Waals surface area contributed by atoms with Gasteiger partial charge in [0.1, 0.15) is 0 Å². The maximum Gasteiger partial charge on any atom is 0.222 e. The van der Waals surface area contributed by atoms with E-state index in [9.17, 15) is 14.7 Å². The summed E-state index contributed by atoms with van der Waals surface area (Å²) in [6.45, 7) is 5.38. The molecule has 2 aliphatic rings. The quantitative estimate of drug-likeness (QED) is 0.764. The summed E-state index contributed by atoms with van der Waals surface area (Å²) in [5.74, 6) is 0.220. The first-order chi connectivity index (χ1) is 13.9. The summed E-state index contributed by atoms with van der Waals surface area (Å²) in [6, 6.07) is 10.4. The Balaban J connectivity index is 1.43. The van der Waals surface area contributed by atoms with Crippen LogP contribution in [0.4, 0.5) is 0 Å². The highest BCUT2D eigenvalue weighted by Crippen LogP contribution is 2.25. The van der Waals surface area contributed by atoms with E-state index in [1.54, 1.807) is 6.92 Å². The van der Waals surface area contributed by atoms with Crippen LogP contribution in [-0.2, 0) is 16.0 Å². The van der Waals surface area contributed by atoms with Crippen molar-refractivity contribution in [2.24, 2.45) is 0 Å². The minimum Gasteiger partial charge on any atom is -0.388 e. The fourth-order valence-electron chi connectivity index (χ4n) is 4.58. The number of likely N-dealkylation sites (tertiary alicyclic amines) is 2. The van der Waals surface area contributed by atoms with Crippen LogP contribution in [0.1, 0.15) is 51.0 Å². The molecule has 2 fully saturated rings. The number of benzene rings is 1. The number of nitrogens with zero attached hydrogens (tertiary/aromatic N) is 2. The highest BCUT2D eigenvalue weighted by Gasteiger charge is 2.34. The Bertz CT molecular complexity index is 673. The Morgan fingerprint density at radius 2 is 1.83 bits per heavy atom. The van der Waals surface area contributed by atoms with Crippen molar-refractivity contribution in [1.82, 2.24) is 15.1 Å². The molecule has 3 rings (SSSR count). The lowest BCUT2D eigenvalue weighted by molar-refractivity contribution is -0.131. The molecule has 2 N–H and O–H groups in total.